The first kappa shape index (κ1) is 17.7. The molecule has 1 aromatic carbocycles. The average Bonchev–Trinajstić information content (AvgIpc) is 2.49. The molecular formula is C17H23N3O2. The topological polar surface area (TPSA) is 82.0 Å². The molecule has 0 aliphatic rings. The predicted molar refractivity (Wildman–Crippen MR) is 85.3 cm³/mol. The van der Waals surface area contributed by atoms with E-state index in [1.807, 2.05) is 25.1 Å². The van der Waals surface area contributed by atoms with Crippen LogP contribution in [0.5, 0.6) is 0 Å². The minimum absolute atomic E-state index is 0.0291. The highest BCUT2D eigenvalue weighted by Gasteiger charge is 2.15. The van der Waals surface area contributed by atoms with Crippen molar-refractivity contribution in [2.45, 2.75) is 45.6 Å². The molecule has 0 bridgehead atoms. The molecule has 0 radical (unpaired) electrons. The summed E-state index contributed by atoms with van der Waals surface area (Å²) in [6, 6.07) is 8.78. The lowest BCUT2D eigenvalue weighted by molar-refractivity contribution is -0.120. The fourth-order valence-corrected chi connectivity index (χ4v) is 1.86. The molecule has 2 N–H and O–H groups in total. The van der Waals surface area contributed by atoms with Crippen LogP contribution in [0.1, 0.15) is 50.0 Å². The zero-order valence-electron chi connectivity index (χ0n) is 13.6. The second-order valence-corrected chi connectivity index (χ2v) is 6.17. The van der Waals surface area contributed by atoms with Gasteiger partial charge in [0, 0.05) is 5.56 Å². The third-order valence-corrected chi connectivity index (χ3v) is 3.32. The van der Waals surface area contributed by atoms with Crippen LogP contribution in [0, 0.1) is 11.3 Å². The smallest absolute Gasteiger partial charge is 0.251 e. The van der Waals surface area contributed by atoms with Crippen molar-refractivity contribution in [1.29, 1.82) is 5.26 Å². The Morgan fingerprint density at radius 1 is 1.23 bits per heavy atom. The SMILES string of the molecule is CCC(C#N)NC(=O)CNC(=O)c1ccc(C(C)(C)C)cc1. The minimum Gasteiger partial charge on any atom is -0.343 e. The first-order valence-corrected chi connectivity index (χ1v) is 7.35. The first-order chi connectivity index (χ1) is 10.3. The molecule has 0 aliphatic heterocycles. The maximum absolute atomic E-state index is 12.0. The van der Waals surface area contributed by atoms with Crippen molar-refractivity contribution in [2.24, 2.45) is 0 Å². The van der Waals surface area contributed by atoms with Crippen LogP contribution in [-0.4, -0.2) is 24.4 Å². The zero-order valence-corrected chi connectivity index (χ0v) is 13.6. The number of nitrogens with zero attached hydrogens (tertiary/aromatic N) is 1. The molecule has 1 atom stereocenters. The Labute approximate surface area is 131 Å². The summed E-state index contributed by atoms with van der Waals surface area (Å²) < 4.78 is 0. The van der Waals surface area contributed by atoms with Crippen molar-refractivity contribution in [3.63, 3.8) is 0 Å². The molecule has 0 aliphatic carbocycles. The van der Waals surface area contributed by atoms with E-state index in [1.165, 1.54) is 0 Å². The molecule has 0 aromatic heterocycles. The van der Waals surface area contributed by atoms with Crippen molar-refractivity contribution in [3.05, 3.63) is 35.4 Å². The second kappa shape index (κ2) is 7.60. The number of nitrogens with one attached hydrogen (secondary N) is 2. The highest BCUT2D eigenvalue weighted by Crippen LogP contribution is 2.22. The fourth-order valence-electron chi connectivity index (χ4n) is 1.86. The van der Waals surface area contributed by atoms with E-state index in [9.17, 15) is 9.59 Å². The van der Waals surface area contributed by atoms with Crippen LogP contribution in [0.4, 0.5) is 0 Å². The molecule has 0 heterocycles. The minimum atomic E-state index is -0.518. The zero-order chi connectivity index (χ0) is 16.8. The van der Waals surface area contributed by atoms with Gasteiger partial charge in [-0.05, 0) is 29.5 Å². The highest BCUT2D eigenvalue weighted by molar-refractivity contribution is 5.96. The third kappa shape index (κ3) is 5.21. The van der Waals surface area contributed by atoms with Gasteiger partial charge in [-0.1, -0.05) is 39.8 Å². The summed E-state index contributed by atoms with van der Waals surface area (Å²) in [5.41, 5.74) is 1.68. The summed E-state index contributed by atoms with van der Waals surface area (Å²) >= 11 is 0. The number of nitriles is 1. The summed E-state index contributed by atoms with van der Waals surface area (Å²) in [6.45, 7) is 7.98. The molecule has 1 unspecified atom stereocenters. The number of hydrogen-bond acceptors (Lipinski definition) is 3. The number of hydrogen-bond donors (Lipinski definition) is 2. The van der Waals surface area contributed by atoms with Crippen molar-refractivity contribution in [2.75, 3.05) is 6.54 Å². The van der Waals surface area contributed by atoms with Crippen LogP contribution in [-0.2, 0) is 10.2 Å². The molecule has 22 heavy (non-hydrogen) atoms. The number of amides is 2. The van der Waals surface area contributed by atoms with Crippen LogP contribution < -0.4 is 10.6 Å². The molecule has 5 nitrogen and oxygen atoms in total. The summed E-state index contributed by atoms with van der Waals surface area (Å²) in [4.78, 5) is 23.6. The van der Waals surface area contributed by atoms with Crippen molar-refractivity contribution >= 4 is 11.8 Å². The molecule has 1 rings (SSSR count). The van der Waals surface area contributed by atoms with E-state index in [-0.39, 0.29) is 23.8 Å². The highest BCUT2D eigenvalue weighted by atomic mass is 16.2. The van der Waals surface area contributed by atoms with Crippen LogP contribution in [0.3, 0.4) is 0 Å². The molecule has 0 saturated carbocycles. The summed E-state index contributed by atoms with van der Waals surface area (Å²) in [5.74, 6) is -0.673. The molecule has 0 spiro atoms. The fraction of sp³-hybridized carbons (Fsp3) is 0.471. The Hall–Kier alpha value is -2.35. The van der Waals surface area contributed by atoms with Gasteiger partial charge in [0.2, 0.25) is 5.91 Å². The van der Waals surface area contributed by atoms with E-state index in [4.69, 9.17) is 5.26 Å². The quantitative estimate of drug-likeness (QED) is 0.874. The first-order valence-electron chi connectivity index (χ1n) is 7.35. The van der Waals surface area contributed by atoms with Gasteiger partial charge in [-0.3, -0.25) is 9.59 Å². The number of benzene rings is 1. The number of carbonyl (C=O) groups excluding carboxylic acids is 2. The molecule has 2 amide bonds. The monoisotopic (exact) mass is 301 g/mol. The summed E-state index contributed by atoms with van der Waals surface area (Å²) in [5, 5.41) is 13.9. The van der Waals surface area contributed by atoms with Crippen molar-refractivity contribution in [1.82, 2.24) is 10.6 Å². The summed E-state index contributed by atoms with van der Waals surface area (Å²) in [7, 11) is 0. The Bertz CT molecular complexity index is 565. The van der Waals surface area contributed by atoms with Gasteiger partial charge in [0.1, 0.15) is 6.04 Å². The van der Waals surface area contributed by atoms with Crippen LogP contribution in [0.2, 0.25) is 0 Å². The number of carbonyl (C=O) groups is 2. The molecule has 118 valence electrons. The van der Waals surface area contributed by atoms with Gasteiger partial charge in [0.25, 0.3) is 5.91 Å². The largest absolute Gasteiger partial charge is 0.343 e. The predicted octanol–water partition coefficient (Wildman–Crippen LogP) is 2.13. The van der Waals surface area contributed by atoms with Crippen molar-refractivity contribution < 1.29 is 9.59 Å². The van der Waals surface area contributed by atoms with Crippen molar-refractivity contribution in [3.8, 4) is 6.07 Å². The van der Waals surface area contributed by atoms with E-state index in [1.54, 1.807) is 12.1 Å². The maximum Gasteiger partial charge on any atom is 0.251 e. The van der Waals surface area contributed by atoms with E-state index in [2.05, 4.69) is 31.4 Å². The lowest BCUT2D eigenvalue weighted by Crippen LogP contribution is -2.41. The van der Waals surface area contributed by atoms with E-state index in [0.717, 1.165) is 5.56 Å². The Balaban J connectivity index is 2.56. The average molecular weight is 301 g/mol. The van der Waals surface area contributed by atoms with Crippen LogP contribution >= 0.6 is 0 Å². The molecule has 5 heteroatoms. The molecule has 1 aromatic rings. The Kier molecular flexibility index (Phi) is 6.11. The summed E-state index contributed by atoms with van der Waals surface area (Å²) in [6.07, 6.45) is 0.532. The van der Waals surface area contributed by atoms with E-state index in [0.29, 0.717) is 12.0 Å². The Morgan fingerprint density at radius 2 is 1.82 bits per heavy atom. The maximum atomic E-state index is 12.0. The lowest BCUT2D eigenvalue weighted by atomic mass is 9.87. The van der Waals surface area contributed by atoms with Gasteiger partial charge in [0.15, 0.2) is 0 Å². The lowest BCUT2D eigenvalue weighted by Gasteiger charge is -2.19. The third-order valence-electron chi connectivity index (χ3n) is 3.32. The van der Waals surface area contributed by atoms with E-state index >= 15 is 0 Å². The van der Waals surface area contributed by atoms with Gasteiger partial charge >= 0.3 is 0 Å². The van der Waals surface area contributed by atoms with Gasteiger partial charge < -0.3 is 10.6 Å². The Morgan fingerprint density at radius 3 is 2.27 bits per heavy atom. The molecule has 0 saturated heterocycles. The molecule has 0 fully saturated rings. The van der Waals surface area contributed by atoms with Gasteiger partial charge in [-0.25, -0.2) is 0 Å². The van der Waals surface area contributed by atoms with Crippen LogP contribution in [0.15, 0.2) is 24.3 Å². The second-order valence-electron chi connectivity index (χ2n) is 6.17. The van der Waals surface area contributed by atoms with Gasteiger partial charge in [-0.2, -0.15) is 5.26 Å². The normalized spacial score (nSPS) is 12.1. The van der Waals surface area contributed by atoms with Gasteiger partial charge in [-0.15, -0.1) is 0 Å². The standard InChI is InChI=1S/C17H23N3O2/c1-5-14(10-18)20-15(21)11-19-16(22)12-6-8-13(9-7-12)17(2,3)4/h6-9,14H,5,11H2,1-4H3,(H,19,22)(H,20,21). The number of rotatable bonds is 5. The van der Waals surface area contributed by atoms with E-state index < -0.39 is 6.04 Å². The van der Waals surface area contributed by atoms with Gasteiger partial charge in [0.05, 0.1) is 12.6 Å². The van der Waals surface area contributed by atoms with Crippen LogP contribution in [0.25, 0.3) is 0 Å². The molecular weight excluding hydrogens is 278 g/mol.